The van der Waals surface area contributed by atoms with Gasteiger partial charge in [-0.15, -0.1) is 0 Å². The molecule has 0 aliphatic heterocycles. The van der Waals surface area contributed by atoms with Gasteiger partial charge in [0.05, 0.1) is 18.1 Å². The Balaban J connectivity index is 2.63. The molecule has 0 aliphatic carbocycles. The highest BCUT2D eigenvalue weighted by atomic mass is 35.5. The summed E-state index contributed by atoms with van der Waals surface area (Å²) in [7, 11) is 1.33. The fourth-order valence-electron chi connectivity index (χ4n) is 2.22. The number of methoxy groups -OCH3 is 1. The Morgan fingerprint density at radius 2 is 2.00 bits per heavy atom. The summed E-state index contributed by atoms with van der Waals surface area (Å²) >= 11 is 6.02. The summed E-state index contributed by atoms with van der Waals surface area (Å²) in [5, 5.41) is 0.445. The largest absolute Gasteiger partial charge is 0.482 e. The second-order valence-corrected chi connectivity index (χ2v) is 5.94. The first-order chi connectivity index (χ1) is 12.0. The molecule has 1 aromatic rings. The molecule has 1 amide bonds. The van der Waals surface area contributed by atoms with Gasteiger partial charge in [-0.2, -0.15) is 0 Å². The first-order valence-corrected chi connectivity index (χ1v) is 8.68. The molecule has 0 radical (unpaired) electrons. The summed E-state index contributed by atoms with van der Waals surface area (Å²) in [5.74, 6) is -0.532. The minimum Gasteiger partial charge on any atom is -0.482 e. The zero-order valence-electron chi connectivity index (χ0n) is 15.0. The van der Waals surface area contributed by atoms with Crippen LogP contribution in [0.5, 0.6) is 5.75 Å². The van der Waals surface area contributed by atoms with E-state index in [4.69, 9.17) is 25.8 Å². The van der Waals surface area contributed by atoms with Gasteiger partial charge < -0.3 is 19.1 Å². The Bertz CT molecular complexity index is 552. The maximum Gasteiger partial charge on any atom is 0.310 e. The smallest absolute Gasteiger partial charge is 0.310 e. The van der Waals surface area contributed by atoms with Crippen LogP contribution in [0.2, 0.25) is 5.02 Å². The molecule has 0 spiro atoms. The summed E-state index contributed by atoms with van der Waals surface area (Å²) in [6.07, 6.45) is 0.680. The lowest BCUT2D eigenvalue weighted by Gasteiger charge is -2.25. The van der Waals surface area contributed by atoms with Gasteiger partial charge in [0.2, 0.25) is 0 Å². The third-order valence-corrected chi connectivity index (χ3v) is 3.87. The van der Waals surface area contributed by atoms with Crippen molar-refractivity contribution in [3.63, 3.8) is 0 Å². The lowest BCUT2D eigenvalue weighted by Crippen LogP contribution is -2.40. The van der Waals surface area contributed by atoms with Gasteiger partial charge in [-0.3, -0.25) is 9.59 Å². The predicted molar refractivity (Wildman–Crippen MR) is 95.8 cm³/mol. The number of nitrogens with zero attached hydrogens (tertiary/aromatic N) is 1. The molecular weight excluding hydrogens is 346 g/mol. The number of carbonyl (C=O) groups is 2. The second-order valence-electron chi connectivity index (χ2n) is 5.53. The molecular formula is C18H26ClNO5. The highest BCUT2D eigenvalue weighted by Gasteiger charge is 2.22. The minimum absolute atomic E-state index is 0.147. The van der Waals surface area contributed by atoms with E-state index in [-0.39, 0.29) is 25.0 Å². The van der Waals surface area contributed by atoms with Gasteiger partial charge >= 0.3 is 5.97 Å². The summed E-state index contributed by atoms with van der Waals surface area (Å²) in [6.45, 7) is 5.42. The molecule has 0 aromatic heterocycles. The number of halogens is 1. The standard InChI is InChI=1S/C18H26ClNO5/c1-4-24-11-7-10-20(12-14(2)18(22)23-3)17(21)13-25-16-9-6-5-8-15(16)19/h5-6,8-9,14H,4,7,10-13H2,1-3H3. The van der Waals surface area contributed by atoms with Gasteiger partial charge in [0.15, 0.2) is 6.61 Å². The average Bonchev–Trinajstić information content (AvgIpc) is 2.62. The Kier molecular flexibility index (Phi) is 9.96. The Hall–Kier alpha value is -1.79. The average molecular weight is 372 g/mol. The number of rotatable bonds is 11. The molecule has 0 fully saturated rings. The highest BCUT2D eigenvalue weighted by Crippen LogP contribution is 2.23. The predicted octanol–water partition coefficient (Wildman–Crippen LogP) is 2.78. The molecule has 1 rings (SSSR count). The van der Waals surface area contributed by atoms with Gasteiger partial charge in [-0.1, -0.05) is 30.7 Å². The van der Waals surface area contributed by atoms with Crippen LogP contribution >= 0.6 is 11.6 Å². The summed E-state index contributed by atoms with van der Waals surface area (Å²) < 4.78 is 15.5. The number of esters is 1. The van der Waals surface area contributed by atoms with E-state index in [1.54, 1.807) is 36.1 Å². The molecule has 1 aromatic carbocycles. The van der Waals surface area contributed by atoms with Gasteiger partial charge in [-0.05, 0) is 25.5 Å². The maximum atomic E-state index is 12.5. The van der Waals surface area contributed by atoms with E-state index >= 15 is 0 Å². The first-order valence-electron chi connectivity index (χ1n) is 8.30. The van der Waals surface area contributed by atoms with Gasteiger partial charge in [0, 0.05) is 26.3 Å². The van der Waals surface area contributed by atoms with Crippen LogP contribution < -0.4 is 4.74 Å². The topological polar surface area (TPSA) is 65.1 Å². The second kappa shape index (κ2) is 11.7. The number of ether oxygens (including phenoxy) is 3. The minimum atomic E-state index is -0.415. The Morgan fingerprint density at radius 1 is 1.28 bits per heavy atom. The quantitative estimate of drug-likeness (QED) is 0.442. The van der Waals surface area contributed by atoms with Crippen molar-refractivity contribution in [3.05, 3.63) is 29.3 Å². The number of amides is 1. The molecule has 6 nitrogen and oxygen atoms in total. The SMILES string of the molecule is CCOCCCN(CC(C)C(=O)OC)C(=O)COc1ccccc1Cl. The van der Waals surface area contributed by atoms with Crippen LogP contribution in [-0.2, 0) is 19.1 Å². The zero-order chi connectivity index (χ0) is 18.7. The fourth-order valence-corrected chi connectivity index (χ4v) is 2.41. The van der Waals surface area contributed by atoms with Crippen molar-refractivity contribution in [2.45, 2.75) is 20.3 Å². The van der Waals surface area contributed by atoms with Crippen molar-refractivity contribution in [2.75, 3.05) is 40.0 Å². The van der Waals surface area contributed by atoms with E-state index in [0.717, 1.165) is 0 Å². The molecule has 25 heavy (non-hydrogen) atoms. The summed E-state index contributed by atoms with van der Waals surface area (Å²) in [4.78, 5) is 25.7. The van der Waals surface area contributed by atoms with E-state index < -0.39 is 5.92 Å². The number of carbonyl (C=O) groups excluding carboxylic acids is 2. The van der Waals surface area contributed by atoms with Crippen molar-refractivity contribution >= 4 is 23.5 Å². The van der Waals surface area contributed by atoms with Crippen LogP contribution in [0.25, 0.3) is 0 Å². The third-order valence-electron chi connectivity index (χ3n) is 3.56. The van der Waals surface area contributed by atoms with Crippen LogP contribution in [0.1, 0.15) is 20.3 Å². The van der Waals surface area contributed by atoms with Crippen LogP contribution in [-0.4, -0.2) is 56.8 Å². The molecule has 7 heteroatoms. The van der Waals surface area contributed by atoms with Crippen molar-refractivity contribution in [1.29, 1.82) is 0 Å². The van der Waals surface area contributed by atoms with Gasteiger partial charge in [0.1, 0.15) is 5.75 Å². The van der Waals surface area contributed by atoms with E-state index in [1.807, 2.05) is 6.92 Å². The number of benzene rings is 1. The highest BCUT2D eigenvalue weighted by molar-refractivity contribution is 6.32. The van der Waals surface area contributed by atoms with Crippen molar-refractivity contribution in [1.82, 2.24) is 4.90 Å². The molecule has 0 saturated heterocycles. The van der Waals surface area contributed by atoms with Gasteiger partial charge in [-0.25, -0.2) is 0 Å². The van der Waals surface area contributed by atoms with Crippen molar-refractivity contribution in [2.24, 2.45) is 5.92 Å². The van der Waals surface area contributed by atoms with Crippen molar-refractivity contribution in [3.8, 4) is 5.75 Å². The number of hydrogen-bond donors (Lipinski definition) is 0. The van der Waals surface area contributed by atoms with E-state index in [1.165, 1.54) is 7.11 Å². The number of hydrogen-bond acceptors (Lipinski definition) is 5. The molecule has 0 heterocycles. The zero-order valence-corrected chi connectivity index (χ0v) is 15.8. The number of para-hydroxylation sites is 1. The Labute approximate surface area is 154 Å². The normalized spacial score (nSPS) is 11.7. The van der Waals surface area contributed by atoms with Crippen molar-refractivity contribution < 1.29 is 23.8 Å². The van der Waals surface area contributed by atoms with E-state index in [2.05, 4.69) is 0 Å². The van der Waals surface area contributed by atoms with Gasteiger partial charge in [0.25, 0.3) is 5.91 Å². The monoisotopic (exact) mass is 371 g/mol. The van der Waals surface area contributed by atoms with Crippen LogP contribution in [0, 0.1) is 5.92 Å². The van der Waals surface area contributed by atoms with E-state index in [0.29, 0.717) is 37.0 Å². The molecule has 0 N–H and O–H groups in total. The molecule has 140 valence electrons. The molecule has 1 atom stereocenters. The maximum absolute atomic E-state index is 12.5. The Morgan fingerprint density at radius 3 is 2.64 bits per heavy atom. The lowest BCUT2D eigenvalue weighted by molar-refractivity contribution is -0.146. The van der Waals surface area contributed by atoms with Crippen LogP contribution in [0.4, 0.5) is 0 Å². The molecule has 0 saturated carbocycles. The summed E-state index contributed by atoms with van der Waals surface area (Å²) in [5.41, 5.74) is 0. The molecule has 0 aliphatic rings. The fraction of sp³-hybridized carbons (Fsp3) is 0.556. The third kappa shape index (κ3) is 7.75. The molecule has 1 unspecified atom stereocenters. The van der Waals surface area contributed by atoms with Crippen LogP contribution in [0.15, 0.2) is 24.3 Å². The lowest BCUT2D eigenvalue weighted by atomic mass is 10.1. The summed E-state index contributed by atoms with van der Waals surface area (Å²) in [6, 6.07) is 6.96. The van der Waals surface area contributed by atoms with Crippen LogP contribution in [0.3, 0.4) is 0 Å². The first kappa shape index (κ1) is 21.3. The molecule has 0 bridgehead atoms. The van der Waals surface area contributed by atoms with E-state index in [9.17, 15) is 9.59 Å².